The Morgan fingerprint density at radius 1 is 1.17 bits per heavy atom. The Labute approximate surface area is 200 Å². The molecular weight excluding hydrogens is 474 g/mol. The zero-order chi connectivity index (χ0) is 24.7. The minimum Gasteiger partial charge on any atom is -0.440 e. The van der Waals surface area contributed by atoms with Gasteiger partial charge in [-0.1, -0.05) is 0 Å². The summed E-state index contributed by atoms with van der Waals surface area (Å²) in [6.07, 6.45) is 5.12. The summed E-state index contributed by atoms with van der Waals surface area (Å²) >= 11 is 0. The van der Waals surface area contributed by atoms with Crippen LogP contribution in [0.4, 0.5) is 5.95 Å². The lowest BCUT2D eigenvalue weighted by Gasteiger charge is -2.31. The van der Waals surface area contributed by atoms with Crippen molar-refractivity contribution in [3.8, 4) is 17.4 Å². The molecule has 13 heteroatoms. The second-order valence-corrected chi connectivity index (χ2v) is 10.6. The van der Waals surface area contributed by atoms with Gasteiger partial charge >= 0.3 is 0 Å². The lowest BCUT2D eigenvalue weighted by molar-refractivity contribution is -0.129. The molecule has 0 radical (unpaired) electrons. The van der Waals surface area contributed by atoms with Gasteiger partial charge in [0.25, 0.3) is 0 Å². The highest BCUT2D eigenvalue weighted by molar-refractivity contribution is 7.92. The number of anilines is 1. The fourth-order valence-electron chi connectivity index (χ4n) is 4.28. The molecule has 3 aromatic heterocycles. The maximum atomic E-state index is 13.3. The topological polar surface area (TPSA) is 156 Å². The van der Waals surface area contributed by atoms with Crippen molar-refractivity contribution in [1.82, 2.24) is 29.4 Å². The summed E-state index contributed by atoms with van der Waals surface area (Å²) in [6.45, 7) is 3.67. The highest BCUT2D eigenvalue weighted by Crippen LogP contribution is 2.30. The van der Waals surface area contributed by atoms with Crippen LogP contribution in [0, 0.1) is 0 Å². The second kappa shape index (κ2) is 8.65. The van der Waals surface area contributed by atoms with Crippen LogP contribution in [0.3, 0.4) is 0 Å². The van der Waals surface area contributed by atoms with Crippen LogP contribution in [0.15, 0.2) is 46.3 Å². The summed E-state index contributed by atoms with van der Waals surface area (Å²) in [5.74, 6) is 1.19. The summed E-state index contributed by atoms with van der Waals surface area (Å²) in [4.78, 5) is 41.0. The minimum absolute atomic E-state index is 0.0522. The SMILES string of the molecule is CC(=O)Nc1nc2cc(S(=O)(=O)C3CCN(C(C)=O)CC3)ccc2n1-c1cnc(-c2cnco2)[nH]1. The van der Waals surface area contributed by atoms with Crippen molar-refractivity contribution >= 4 is 38.6 Å². The van der Waals surface area contributed by atoms with Gasteiger partial charge in [-0.2, -0.15) is 0 Å². The minimum atomic E-state index is -3.63. The van der Waals surface area contributed by atoms with Crippen LogP contribution in [0.5, 0.6) is 0 Å². The third kappa shape index (κ3) is 4.18. The largest absolute Gasteiger partial charge is 0.440 e. The van der Waals surface area contributed by atoms with Gasteiger partial charge in [-0.3, -0.25) is 19.5 Å². The number of H-pyrrole nitrogens is 1. The molecule has 1 saturated heterocycles. The molecule has 1 aromatic carbocycles. The summed E-state index contributed by atoms with van der Waals surface area (Å²) in [7, 11) is -3.63. The molecule has 12 nitrogen and oxygen atoms in total. The molecule has 1 fully saturated rings. The van der Waals surface area contributed by atoms with E-state index < -0.39 is 15.1 Å². The number of likely N-dealkylation sites (tertiary alicyclic amines) is 1. The molecule has 0 atom stereocenters. The van der Waals surface area contributed by atoms with Crippen LogP contribution in [-0.4, -0.2) is 68.0 Å². The highest BCUT2D eigenvalue weighted by Gasteiger charge is 2.32. The number of fused-ring (bicyclic) bond motifs is 1. The van der Waals surface area contributed by atoms with E-state index in [0.717, 1.165) is 0 Å². The molecule has 5 rings (SSSR count). The number of hydrogen-bond donors (Lipinski definition) is 2. The number of sulfone groups is 1. The second-order valence-electron chi connectivity index (χ2n) is 8.34. The molecule has 4 aromatic rings. The molecule has 1 aliphatic rings. The van der Waals surface area contributed by atoms with Gasteiger partial charge in [-0.05, 0) is 31.0 Å². The first-order valence-corrected chi connectivity index (χ1v) is 12.5. The van der Waals surface area contributed by atoms with E-state index in [2.05, 4.69) is 25.3 Å². The van der Waals surface area contributed by atoms with E-state index in [9.17, 15) is 18.0 Å². The van der Waals surface area contributed by atoms with Crippen LogP contribution in [0.2, 0.25) is 0 Å². The number of aromatic nitrogens is 5. The summed E-state index contributed by atoms with van der Waals surface area (Å²) in [5, 5.41) is 2.11. The third-order valence-corrected chi connectivity index (χ3v) is 8.30. The number of nitrogens with one attached hydrogen (secondary N) is 2. The van der Waals surface area contributed by atoms with Gasteiger partial charge in [-0.25, -0.2) is 23.4 Å². The molecule has 0 bridgehead atoms. The Morgan fingerprint density at radius 3 is 2.60 bits per heavy atom. The van der Waals surface area contributed by atoms with Crippen LogP contribution in [-0.2, 0) is 19.4 Å². The quantitative estimate of drug-likeness (QED) is 0.425. The summed E-state index contributed by atoms with van der Waals surface area (Å²) in [5.41, 5.74) is 0.971. The fraction of sp³-hybridized carbons (Fsp3) is 0.318. The Morgan fingerprint density at radius 2 is 1.94 bits per heavy atom. The Kier molecular flexibility index (Phi) is 5.63. The number of carbonyl (C=O) groups excluding carboxylic acids is 2. The van der Waals surface area contributed by atoms with E-state index in [1.807, 2.05) is 0 Å². The summed E-state index contributed by atoms with van der Waals surface area (Å²) in [6, 6.07) is 4.70. The van der Waals surface area contributed by atoms with E-state index in [-0.39, 0.29) is 22.7 Å². The van der Waals surface area contributed by atoms with Gasteiger partial charge in [0.1, 0.15) is 5.82 Å². The number of aromatic amines is 1. The van der Waals surface area contributed by atoms with Crippen molar-refractivity contribution < 1.29 is 22.4 Å². The Hall–Kier alpha value is -4.00. The van der Waals surface area contributed by atoms with Crippen molar-refractivity contribution in [2.45, 2.75) is 36.8 Å². The van der Waals surface area contributed by atoms with Gasteiger partial charge in [0.05, 0.1) is 33.6 Å². The van der Waals surface area contributed by atoms with Crippen LogP contribution < -0.4 is 5.32 Å². The van der Waals surface area contributed by atoms with Gasteiger partial charge < -0.3 is 14.3 Å². The average molecular weight is 498 g/mol. The monoisotopic (exact) mass is 497 g/mol. The fourth-order valence-corrected chi connectivity index (χ4v) is 6.03. The molecule has 1 aliphatic heterocycles. The first-order valence-electron chi connectivity index (χ1n) is 11.0. The first kappa shape index (κ1) is 22.8. The van der Waals surface area contributed by atoms with Crippen molar-refractivity contribution in [3.05, 3.63) is 37.0 Å². The Balaban J connectivity index is 1.53. The van der Waals surface area contributed by atoms with Crippen LogP contribution in [0.25, 0.3) is 28.4 Å². The van der Waals surface area contributed by atoms with Gasteiger partial charge in [0, 0.05) is 26.9 Å². The number of hydrogen-bond acceptors (Lipinski definition) is 8. The molecule has 35 heavy (non-hydrogen) atoms. The van der Waals surface area contributed by atoms with Crippen LogP contribution >= 0.6 is 0 Å². The van der Waals surface area contributed by atoms with Crippen LogP contribution in [0.1, 0.15) is 26.7 Å². The average Bonchev–Trinajstić information content (AvgIpc) is 3.57. The van der Waals surface area contributed by atoms with E-state index in [1.165, 1.54) is 32.5 Å². The maximum absolute atomic E-state index is 13.3. The molecule has 0 aliphatic carbocycles. The number of carbonyl (C=O) groups is 2. The lowest BCUT2D eigenvalue weighted by Crippen LogP contribution is -2.41. The van der Waals surface area contributed by atoms with Gasteiger partial charge in [0.2, 0.25) is 17.8 Å². The number of rotatable bonds is 5. The number of amides is 2. The molecule has 2 N–H and O–H groups in total. The van der Waals surface area contributed by atoms with Gasteiger partial charge in [0.15, 0.2) is 27.8 Å². The number of nitrogens with zero attached hydrogens (tertiary/aromatic N) is 5. The van der Waals surface area contributed by atoms with Gasteiger partial charge in [-0.15, -0.1) is 0 Å². The molecular formula is C22H23N7O5S. The first-order chi connectivity index (χ1) is 16.7. The van der Waals surface area contributed by atoms with Crippen molar-refractivity contribution in [3.63, 3.8) is 0 Å². The molecule has 0 saturated carbocycles. The van der Waals surface area contributed by atoms with E-state index >= 15 is 0 Å². The van der Waals surface area contributed by atoms with E-state index in [4.69, 9.17) is 4.42 Å². The Bertz CT molecular complexity index is 1510. The highest BCUT2D eigenvalue weighted by atomic mass is 32.2. The predicted molar refractivity (Wildman–Crippen MR) is 125 cm³/mol. The number of piperidine rings is 1. The molecule has 0 spiro atoms. The van der Waals surface area contributed by atoms with Crippen molar-refractivity contribution in [1.29, 1.82) is 0 Å². The standard InChI is InChI=1S/C22H23N7O5S/c1-13(30)25-22-26-17-9-16(35(32,33)15-5-7-28(8-6-15)14(2)31)3-4-18(17)29(22)20-11-24-21(27-20)19-10-23-12-34-19/h3-4,9-12,15H,5-8H2,1-2H3,(H,24,27)(H,25,26,30). The van der Waals surface area contributed by atoms with Crippen molar-refractivity contribution in [2.24, 2.45) is 0 Å². The van der Waals surface area contributed by atoms with E-state index in [1.54, 1.807) is 27.8 Å². The van der Waals surface area contributed by atoms with Crippen molar-refractivity contribution in [2.75, 3.05) is 18.4 Å². The predicted octanol–water partition coefficient (Wildman–Crippen LogP) is 2.15. The number of oxazole rings is 1. The van der Waals surface area contributed by atoms with E-state index in [0.29, 0.717) is 54.4 Å². The molecule has 0 unspecified atom stereocenters. The lowest BCUT2D eigenvalue weighted by atomic mass is 10.1. The normalized spacial score (nSPS) is 15.0. The maximum Gasteiger partial charge on any atom is 0.223 e. The number of imidazole rings is 2. The molecule has 2 amide bonds. The molecule has 182 valence electrons. The zero-order valence-corrected chi connectivity index (χ0v) is 19.9. The molecule has 4 heterocycles. The third-order valence-electron chi connectivity index (χ3n) is 6.04. The zero-order valence-electron chi connectivity index (χ0n) is 19.1. The number of benzene rings is 1. The summed E-state index contributed by atoms with van der Waals surface area (Å²) < 4.78 is 33.6. The smallest absolute Gasteiger partial charge is 0.223 e.